The first-order chi connectivity index (χ1) is 51.2. The van der Waals surface area contributed by atoms with Crippen LogP contribution in [0.25, 0.3) is 0 Å². The summed E-state index contributed by atoms with van der Waals surface area (Å²) in [5.74, 6) is -27.6. The van der Waals surface area contributed by atoms with E-state index in [4.69, 9.17) is 39.5 Å². The Labute approximate surface area is 630 Å². The molecule has 0 rings (SSSR count). The lowest BCUT2D eigenvalue weighted by molar-refractivity contribution is -0.144. The summed E-state index contributed by atoms with van der Waals surface area (Å²) in [6.07, 6.45) is -10.4. The molecule has 0 heterocycles. The van der Waals surface area contributed by atoms with Gasteiger partial charge in [-0.1, -0.05) is 0 Å². The predicted octanol–water partition coefficient (Wildman–Crippen LogP) is -15.9. The molecule has 18 amide bonds. The third-order valence-corrected chi connectivity index (χ3v) is 15.9. The van der Waals surface area contributed by atoms with Crippen LogP contribution in [0.5, 0.6) is 0 Å². The van der Waals surface area contributed by atoms with Crippen LogP contribution >= 0.6 is 11.8 Å². The van der Waals surface area contributed by atoms with Crippen molar-refractivity contribution in [3.8, 4) is 0 Å². The average Bonchev–Trinajstić information content (AvgIpc) is 0.854. The number of nitrogens with one attached hydrogen (secondary N) is 14. The van der Waals surface area contributed by atoms with E-state index in [2.05, 4.69) is 42.5 Å². The van der Waals surface area contributed by atoms with Crippen LogP contribution in [-0.2, 0) is 101 Å². The van der Waals surface area contributed by atoms with Gasteiger partial charge in [0.15, 0.2) is 0 Å². The second kappa shape index (κ2) is 50.5. The summed E-state index contributed by atoms with van der Waals surface area (Å²) in [7, 11) is 0. The smallest absolute Gasteiger partial charge is 0.326 e. The summed E-state index contributed by atoms with van der Waals surface area (Å²) in [5.41, 5.74) is 32.0. The number of carboxylic acids is 3. The molecule has 50 heteroatoms. The molecule has 34 N–H and O–H groups in total. The number of primary amides is 4. The third kappa shape index (κ3) is 38.1. The molecule has 49 nitrogen and oxygen atoms in total. The highest BCUT2D eigenvalue weighted by atomic mass is 32.2. The maximum atomic E-state index is 14.1. The fourth-order valence-corrected chi connectivity index (χ4v) is 9.76. The van der Waals surface area contributed by atoms with Gasteiger partial charge in [-0.15, -0.1) is 0 Å². The van der Waals surface area contributed by atoms with Crippen LogP contribution in [0.2, 0.25) is 0 Å². The number of aliphatic hydroxyl groups excluding tert-OH is 5. The minimum Gasteiger partial charge on any atom is -0.481 e. The van der Waals surface area contributed by atoms with Crippen molar-refractivity contribution in [2.24, 2.45) is 34.4 Å². The van der Waals surface area contributed by atoms with E-state index in [-0.39, 0.29) is 44.4 Å². The zero-order valence-corrected chi connectivity index (χ0v) is 61.2. The van der Waals surface area contributed by atoms with E-state index in [0.29, 0.717) is 0 Å². The molecular formula is C60H100N20O29S. The summed E-state index contributed by atoms with van der Waals surface area (Å²) in [6.45, 7) is 0.460. The molecule has 0 unspecified atom stereocenters. The lowest BCUT2D eigenvalue weighted by Gasteiger charge is -2.28. The first-order valence-corrected chi connectivity index (χ1v) is 34.9. The predicted molar refractivity (Wildman–Crippen MR) is 373 cm³/mol. The van der Waals surface area contributed by atoms with Crippen LogP contribution in [0.3, 0.4) is 0 Å². The van der Waals surface area contributed by atoms with E-state index in [1.165, 1.54) is 0 Å². The Morgan fingerprint density at radius 3 is 1.14 bits per heavy atom. The Kier molecular flexibility index (Phi) is 45.5. The Morgan fingerprint density at radius 2 is 0.709 bits per heavy atom. The number of nitrogens with two attached hydrogens (primary N) is 6. The van der Waals surface area contributed by atoms with Crippen LogP contribution < -0.4 is 109 Å². The summed E-state index contributed by atoms with van der Waals surface area (Å²) >= 11 is 1.16. The highest BCUT2D eigenvalue weighted by Gasteiger charge is 2.40. The first-order valence-electron chi connectivity index (χ1n) is 33.5. The van der Waals surface area contributed by atoms with E-state index in [1.807, 2.05) is 31.9 Å². The molecule has 0 aromatic carbocycles. The molecule has 0 aliphatic rings. The molecule has 17 atom stereocenters. The van der Waals surface area contributed by atoms with Crippen LogP contribution in [0.4, 0.5) is 0 Å². The van der Waals surface area contributed by atoms with Crippen molar-refractivity contribution in [3.05, 3.63) is 0 Å². The molecule has 0 aromatic heterocycles. The van der Waals surface area contributed by atoms with Gasteiger partial charge in [-0.05, 0) is 84.8 Å². The lowest BCUT2D eigenvalue weighted by atomic mass is 10.0. The molecule has 0 aliphatic carbocycles. The highest BCUT2D eigenvalue weighted by Crippen LogP contribution is 2.11. The average molecular weight is 1600 g/mol. The number of hydrogen-bond donors (Lipinski definition) is 28. The van der Waals surface area contributed by atoms with Crippen molar-refractivity contribution in [1.29, 1.82) is 0 Å². The molecule has 0 saturated carbocycles. The van der Waals surface area contributed by atoms with Gasteiger partial charge in [0.2, 0.25) is 106 Å². The maximum Gasteiger partial charge on any atom is 0.326 e. The Morgan fingerprint density at radius 1 is 0.355 bits per heavy atom. The molecule has 620 valence electrons. The summed E-state index contributed by atoms with van der Waals surface area (Å²) in [6, 6.07) is -26.4. The number of carbonyl (C=O) groups is 21. The fraction of sp³-hybridized carbons (Fsp3) is 0.650. The molecule has 0 aromatic rings. The first kappa shape index (κ1) is 98.9. The normalized spacial score (nSPS) is 15.6. The number of hydrogen-bond acceptors (Lipinski definition) is 29. The van der Waals surface area contributed by atoms with Gasteiger partial charge in [-0.2, -0.15) is 11.8 Å². The van der Waals surface area contributed by atoms with E-state index in [1.54, 1.807) is 6.26 Å². The van der Waals surface area contributed by atoms with Gasteiger partial charge in [0.05, 0.1) is 69.8 Å². The number of rotatable bonds is 55. The second-order valence-electron chi connectivity index (χ2n) is 24.7. The molecule has 0 bridgehead atoms. The van der Waals surface area contributed by atoms with Gasteiger partial charge in [-0.3, -0.25) is 95.9 Å². The van der Waals surface area contributed by atoms with Crippen molar-refractivity contribution in [3.63, 3.8) is 0 Å². The van der Waals surface area contributed by atoms with Gasteiger partial charge >= 0.3 is 17.9 Å². The van der Waals surface area contributed by atoms with E-state index >= 15 is 0 Å². The van der Waals surface area contributed by atoms with Crippen molar-refractivity contribution in [2.75, 3.05) is 38.3 Å². The topological polar surface area (TPSA) is 845 Å². The molecule has 0 saturated heterocycles. The minimum absolute atomic E-state index is 0.0681. The molecule has 0 spiro atoms. The Balaban J connectivity index is 6.50. The van der Waals surface area contributed by atoms with Crippen LogP contribution in [0.1, 0.15) is 105 Å². The Hall–Kier alpha value is -11.1. The zero-order chi connectivity index (χ0) is 84.6. The van der Waals surface area contributed by atoms with Crippen LogP contribution in [0.15, 0.2) is 0 Å². The van der Waals surface area contributed by atoms with E-state index in [0.717, 1.165) is 39.5 Å². The fourth-order valence-electron chi connectivity index (χ4n) is 9.29. The minimum atomic E-state index is -2.15. The van der Waals surface area contributed by atoms with Gasteiger partial charge in [-0.25, -0.2) is 4.79 Å². The van der Waals surface area contributed by atoms with Gasteiger partial charge in [0, 0.05) is 12.8 Å². The van der Waals surface area contributed by atoms with Gasteiger partial charge < -0.3 is 150 Å². The number of aliphatic hydroxyl groups is 5. The van der Waals surface area contributed by atoms with E-state index in [9.17, 15) is 136 Å². The van der Waals surface area contributed by atoms with Crippen LogP contribution in [0, 0.1) is 0 Å². The van der Waals surface area contributed by atoms with Crippen molar-refractivity contribution >= 4 is 136 Å². The molecule has 0 radical (unpaired) electrons. The maximum absolute atomic E-state index is 14.1. The number of aliphatic carboxylic acids is 3. The molecular weight excluding hydrogens is 1500 g/mol. The number of carboxylic acid groups (broad SMARTS) is 3. The highest BCUT2D eigenvalue weighted by molar-refractivity contribution is 7.98. The van der Waals surface area contributed by atoms with Crippen molar-refractivity contribution < 1.29 is 142 Å². The second-order valence-corrected chi connectivity index (χ2v) is 25.6. The summed E-state index contributed by atoms with van der Waals surface area (Å²) in [4.78, 5) is 270. The third-order valence-electron chi connectivity index (χ3n) is 15.3. The monoisotopic (exact) mass is 1600 g/mol. The lowest BCUT2D eigenvalue weighted by Crippen LogP contribution is -2.63. The standard InChI is InChI=1S/C60H100N20O29S/c1-23(68-48(96)27(62)9-12-42(91)92)47(95)70-29(10-11-37(63)86)49(97)74-33(19-43(93)94)54(102)79-45(25(3)84)58(106)72-30(13-15-110-5)50(98)71-28(8-6-7-14-61)51(99)78-44(24(2)83)57(105)67-20-41(90)69-35(21-81)55(103)77-36(22-82)56(104)80-46(26(4)85)59(107)75-32(17-39(65)88)52(100)73-31(16-38(64)87)53(101)76-34(60(108)109)18-40(66)89/h23-36,44-46,81-85H,6-22,61-62H2,1-5H3,(H2,63,86)(H2,64,87)(H2,65,88)(H2,66,89)(H,67,105)(H,68,96)(H,69,90)(H,70,95)(H,71,98)(H,72,106)(H,73,100)(H,74,97)(H,75,107)(H,76,101)(H,77,103)(H,78,99)(H,79,102)(H,80,104)(H,91,92)(H,93,94)(H,108,109)/t23-,24+,25+,26+,27-,28-,29-,30-,31-,32-,33-,34-,35-,36-,44-,45-,46-/m0/s1. The van der Waals surface area contributed by atoms with Crippen LogP contribution in [-0.4, -0.2) is 306 Å². The van der Waals surface area contributed by atoms with Crippen molar-refractivity contribution in [2.45, 2.75) is 208 Å². The zero-order valence-electron chi connectivity index (χ0n) is 60.4. The number of carbonyl (C=O) groups excluding carboxylic acids is 18. The SMILES string of the molecule is CSCC[C@H](NC(=O)[C@@H](NC(=O)[C@H](CC(=O)O)NC(=O)[C@H](CCC(N)=O)NC(=O)[C@H](C)NC(=O)[C@@H](N)CCC(=O)O)[C@@H](C)O)C(=O)N[C@@H](CCCCN)C(=O)N[C@H](C(=O)NCC(=O)N[C@@H](CO)C(=O)N[C@@H](CO)C(=O)N[C@H](C(=O)N[C@@H](CC(N)=O)C(=O)N[C@@H](CC(N)=O)C(=O)N[C@@H](CC(N)=O)C(=O)O)[C@@H](C)O)[C@@H](C)O. The molecule has 0 fully saturated rings. The molecule has 110 heavy (non-hydrogen) atoms. The van der Waals surface area contributed by atoms with Crippen molar-refractivity contribution in [1.82, 2.24) is 74.4 Å². The number of unbranched alkanes of at least 4 members (excludes halogenated alkanes) is 1. The number of amides is 18. The number of thioether (sulfide) groups is 1. The summed E-state index contributed by atoms with van der Waals surface area (Å²) < 4.78 is 0. The Bertz CT molecular complexity index is 3300. The summed E-state index contributed by atoms with van der Waals surface area (Å²) in [5, 5.41) is 110. The van der Waals surface area contributed by atoms with E-state index < -0.39 is 292 Å². The quantitative estimate of drug-likeness (QED) is 0.0251. The van der Waals surface area contributed by atoms with Gasteiger partial charge in [0.1, 0.15) is 78.5 Å². The molecule has 0 aliphatic heterocycles. The van der Waals surface area contributed by atoms with Gasteiger partial charge in [0.25, 0.3) is 0 Å². The largest absolute Gasteiger partial charge is 0.481 e.